The topological polar surface area (TPSA) is 20.3 Å². The first-order valence-electron chi connectivity index (χ1n) is 5.01. The van der Waals surface area contributed by atoms with Crippen LogP contribution in [0.5, 0.6) is 0 Å². The maximum absolute atomic E-state index is 11.8. The highest BCUT2D eigenvalue weighted by Crippen LogP contribution is 2.27. The first-order chi connectivity index (χ1) is 7.07. The molecule has 0 aliphatic heterocycles. The molecule has 0 fully saturated rings. The van der Waals surface area contributed by atoms with E-state index in [4.69, 9.17) is 11.6 Å². The average Bonchev–Trinajstić information content (AvgIpc) is 2.20. The number of rotatable bonds is 4. The second-order valence-corrected chi connectivity index (χ2v) is 4.11. The Bertz CT molecular complexity index is 349. The SMILES string of the molecule is CCC(=O)C(c1ccccc1Cl)N(C)C. The van der Waals surface area contributed by atoms with E-state index < -0.39 is 0 Å². The zero-order valence-electron chi connectivity index (χ0n) is 9.33. The average molecular weight is 226 g/mol. The predicted octanol–water partition coefficient (Wildman–Crippen LogP) is 2.92. The molecule has 1 atom stereocenters. The summed E-state index contributed by atoms with van der Waals surface area (Å²) in [5.41, 5.74) is 0.885. The molecule has 3 heteroatoms. The molecule has 0 heterocycles. The molecule has 0 amide bonds. The van der Waals surface area contributed by atoms with Gasteiger partial charge in [-0.2, -0.15) is 0 Å². The number of Topliss-reactive ketones (excluding diaryl/α,β-unsaturated/α-hetero) is 1. The minimum Gasteiger partial charge on any atom is -0.298 e. The maximum atomic E-state index is 11.8. The molecule has 1 rings (SSSR count). The summed E-state index contributed by atoms with van der Waals surface area (Å²) in [6, 6.07) is 7.26. The minimum atomic E-state index is -0.233. The van der Waals surface area contributed by atoms with Crippen LogP contribution in [0.1, 0.15) is 24.9 Å². The summed E-state index contributed by atoms with van der Waals surface area (Å²) in [7, 11) is 3.78. The molecular weight excluding hydrogens is 210 g/mol. The third kappa shape index (κ3) is 2.80. The van der Waals surface area contributed by atoms with Gasteiger partial charge in [0.05, 0.1) is 6.04 Å². The van der Waals surface area contributed by atoms with Gasteiger partial charge in [0.15, 0.2) is 5.78 Å². The highest BCUT2D eigenvalue weighted by molar-refractivity contribution is 6.31. The van der Waals surface area contributed by atoms with Crippen LogP contribution in [0.15, 0.2) is 24.3 Å². The second kappa shape index (κ2) is 5.29. The van der Waals surface area contributed by atoms with Gasteiger partial charge in [-0.05, 0) is 25.7 Å². The fourth-order valence-corrected chi connectivity index (χ4v) is 1.87. The standard InChI is InChI=1S/C12H16ClNO/c1-4-11(15)12(14(2)3)9-7-5-6-8-10(9)13/h5-8,12H,4H2,1-3H3. The van der Waals surface area contributed by atoms with E-state index in [1.54, 1.807) is 0 Å². The summed E-state index contributed by atoms with van der Waals surface area (Å²) in [6.45, 7) is 1.87. The molecule has 0 aliphatic carbocycles. The van der Waals surface area contributed by atoms with E-state index in [1.165, 1.54) is 0 Å². The molecule has 1 aromatic rings. The molecule has 0 N–H and O–H groups in total. The molecule has 1 aromatic carbocycles. The van der Waals surface area contributed by atoms with Gasteiger partial charge in [0.1, 0.15) is 0 Å². The largest absolute Gasteiger partial charge is 0.298 e. The summed E-state index contributed by atoms with van der Waals surface area (Å²) in [5, 5.41) is 0.651. The zero-order valence-corrected chi connectivity index (χ0v) is 10.1. The van der Waals surface area contributed by atoms with Gasteiger partial charge in [-0.15, -0.1) is 0 Å². The Balaban J connectivity index is 3.10. The Morgan fingerprint density at radius 3 is 2.47 bits per heavy atom. The van der Waals surface area contributed by atoms with Crippen molar-refractivity contribution in [1.29, 1.82) is 0 Å². The van der Waals surface area contributed by atoms with Crippen molar-refractivity contribution in [3.05, 3.63) is 34.9 Å². The summed E-state index contributed by atoms with van der Waals surface area (Å²) >= 11 is 6.09. The molecular formula is C12H16ClNO. The normalized spacial score (nSPS) is 12.9. The Labute approximate surface area is 95.8 Å². The lowest BCUT2D eigenvalue weighted by atomic mass is 10.0. The van der Waals surface area contributed by atoms with Crippen molar-refractivity contribution < 1.29 is 4.79 Å². The number of carbonyl (C=O) groups excluding carboxylic acids is 1. The second-order valence-electron chi connectivity index (χ2n) is 3.71. The lowest BCUT2D eigenvalue weighted by Gasteiger charge is -2.23. The first kappa shape index (κ1) is 12.2. The number of likely N-dealkylation sites (N-methyl/N-ethyl adjacent to an activating group) is 1. The fraction of sp³-hybridized carbons (Fsp3) is 0.417. The predicted molar refractivity (Wildman–Crippen MR) is 63.2 cm³/mol. The minimum absolute atomic E-state index is 0.188. The lowest BCUT2D eigenvalue weighted by molar-refractivity contribution is -0.123. The van der Waals surface area contributed by atoms with Crippen LogP contribution in [0, 0.1) is 0 Å². The van der Waals surface area contributed by atoms with Gasteiger partial charge in [-0.25, -0.2) is 0 Å². The van der Waals surface area contributed by atoms with Crippen LogP contribution in [0.2, 0.25) is 5.02 Å². The van der Waals surface area contributed by atoms with Gasteiger partial charge < -0.3 is 0 Å². The molecule has 15 heavy (non-hydrogen) atoms. The van der Waals surface area contributed by atoms with E-state index in [2.05, 4.69) is 0 Å². The van der Waals surface area contributed by atoms with Gasteiger partial charge in [0.25, 0.3) is 0 Å². The molecule has 0 saturated carbocycles. The molecule has 0 bridgehead atoms. The van der Waals surface area contributed by atoms with Gasteiger partial charge in [-0.1, -0.05) is 36.7 Å². The lowest BCUT2D eigenvalue weighted by Crippen LogP contribution is -2.27. The Kier molecular flexibility index (Phi) is 4.30. The van der Waals surface area contributed by atoms with E-state index in [9.17, 15) is 4.79 Å². The summed E-state index contributed by atoms with van der Waals surface area (Å²) in [5.74, 6) is 0.188. The van der Waals surface area contributed by atoms with Crippen molar-refractivity contribution in [2.75, 3.05) is 14.1 Å². The van der Waals surface area contributed by atoms with Gasteiger partial charge in [-0.3, -0.25) is 9.69 Å². The van der Waals surface area contributed by atoms with Crippen LogP contribution < -0.4 is 0 Å². The van der Waals surface area contributed by atoms with Gasteiger partial charge in [0.2, 0.25) is 0 Å². The molecule has 0 radical (unpaired) electrons. The molecule has 1 unspecified atom stereocenters. The van der Waals surface area contributed by atoms with Crippen LogP contribution in [0.25, 0.3) is 0 Å². The van der Waals surface area contributed by atoms with Crippen molar-refractivity contribution in [3.63, 3.8) is 0 Å². The highest BCUT2D eigenvalue weighted by atomic mass is 35.5. The van der Waals surface area contributed by atoms with Crippen molar-refractivity contribution in [2.45, 2.75) is 19.4 Å². The van der Waals surface area contributed by atoms with Crippen LogP contribution in [0.3, 0.4) is 0 Å². The van der Waals surface area contributed by atoms with Crippen LogP contribution >= 0.6 is 11.6 Å². The summed E-state index contributed by atoms with van der Waals surface area (Å²) in [6.07, 6.45) is 0.522. The first-order valence-corrected chi connectivity index (χ1v) is 5.39. The smallest absolute Gasteiger partial charge is 0.154 e. The van der Waals surface area contributed by atoms with Crippen molar-refractivity contribution in [3.8, 4) is 0 Å². The highest BCUT2D eigenvalue weighted by Gasteiger charge is 2.22. The monoisotopic (exact) mass is 225 g/mol. The Hall–Kier alpha value is -0.860. The van der Waals surface area contributed by atoms with Gasteiger partial charge in [0, 0.05) is 11.4 Å². The van der Waals surface area contributed by atoms with E-state index >= 15 is 0 Å². The molecule has 2 nitrogen and oxygen atoms in total. The zero-order chi connectivity index (χ0) is 11.4. The number of nitrogens with zero attached hydrogens (tertiary/aromatic N) is 1. The van der Waals surface area contributed by atoms with Crippen molar-refractivity contribution >= 4 is 17.4 Å². The number of benzene rings is 1. The Morgan fingerprint density at radius 2 is 2.00 bits per heavy atom. The van der Waals surface area contributed by atoms with Crippen LogP contribution in [-0.2, 0) is 4.79 Å². The molecule has 0 aromatic heterocycles. The molecule has 0 spiro atoms. The van der Waals surface area contributed by atoms with E-state index in [-0.39, 0.29) is 11.8 Å². The number of hydrogen-bond donors (Lipinski definition) is 0. The third-order valence-electron chi connectivity index (χ3n) is 2.37. The number of ketones is 1. The number of halogens is 1. The summed E-state index contributed by atoms with van der Waals surface area (Å²) in [4.78, 5) is 13.7. The summed E-state index contributed by atoms with van der Waals surface area (Å²) < 4.78 is 0. The molecule has 82 valence electrons. The fourth-order valence-electron chi connectivity index (χ4n) is 1.63. The molecule has 0 aliphatic rings. The van der Waals surface area contributed by atoms with E-state index in [0.29, 0.717) is 11.4 Å². The third-order valence-corrected chi connectivity index (χ3v) is 2.71. The molecule has 0 saturated heterocycles. The van der Waals surface area contributed by atoms with Crippen molar-refractivity contribution in [1.82, 2.24) is 4.90 Å². The number of carbonyl (C=O) groups is 1. The van der Waals surface area contributed by atoms with Gasteiger partial charge >= 0.3 is 0 Å². The van der Waals surface area contributed by atoms with E-state index in [1.807, 2.05) is 50.2 Å². The van der Waals surface area contributed by atoms with E-state index in [0.717, 1.165) is 5.56 Å². The van der Waals surface area contributed by atoms with Crippen molar-refractivity contribution in [2.24, 2.45) is 0 Å². The number of hydrogen-bond acceptors (Lipinski definition) is 2. The Morgan fingerprint density at radius 1 is 1.40 bits per heavy atom. The maximum Gasteiger partial charge on any atom is 0.154 e. The van der Waals surface area contributed by atoms with Crippen LogP contribution in [-0.4, -0.2) is 24.8 Å². The quantitative estimate of drug-likeness (QED) is 0.786. The van der Waals surface area contributed by atoms with Crippen LogP contribution in [0.4, 0.5) is 0 Å².